The van der Waals surface area contributed by atoms with Gasteiger partial charge in [0.1, 0.15) is 0 Å². The third kappa shape index (κ3) is 2.17. The van der Waals surface area contributed by atoms with E-state index in [1.165, 1.54) is 10.1 Å². The van der Waals surface area contributed by atoms with Gasteiger partial charge in [0.15, 0.2) is 5.75 Å². The molecule has 0 bridgehead atoms. The maximum atomic E-state index is 11.6. The topological polar surface area (TPSA) is 38.3 Å². The van der Waals surface area contributed by atoms with Gasteiger partial charge in [-0.05, 0) is 29.7 Å². The summed E-state index contributed by atoms with van der Waals surface area (Å²) < 4.78 is 7.08. The number of fused-ring (bicyclic) bond motifs is 2. The maximum Gasteiger partial charge on any atom is 0.227 e. The number of carbonyl (C=O) groups is 1. The summed E-state index contributed by atoms with van der Waals surface area (Å²) in [4.78, 5) is 12.8. The number of rotatable bonds is 1. The first-order valence-electron chi connectivity index (χ1n) is 6.86. The van der Waals surface area contributed by atoms with Gasteiger partial charge in [-0.25, -0.2) is 0 Å². The van der Waals surface area contributed by atoms with Gasteiger partial charge in [0.05, 0.1) is 18.7 Å². The number of hydrogen-bond donors (Lipinski definition) is 1. The number of thiophene rings is 1. The van der Waals surface area contributed by atoms with E-state index in [1.54, 1.807) is 11.3 Å². The molecular formula is C17H13NO2S. The molecule has 21 heavy (non-hydrogen) atoms. The first kappa shape index (κ1) is 12.4. The molecule has 0 saturated carbocycles. The van der Waals surface area contributed by atoms with E-state index < -0.39 is 0 Å². The van der Waals surface area contributed by atoms with Crippen LogP contribution in [0.4, 0.5) is 5.69 Å². The van der Waals surface area contributed by atoms with Crippen molar-refractivity contribution in [3.63, 3.8) is 0 Å². The lowest BCUT2D eigenvalue weighted by atomic mass is 10.1. The summed E-state index contributed by atoms with van der Waals surface area (Å²) in [6.07, 6.45) is 0.389. The number of anilines is 1. The van der Waals surface area contributed by atoms with Gasteiger partial charge >= 0.3 is 0 Å². The zero-order valence-electron chi connectivity index (χ0n) is 11.3. The first-order valence-corrected chi connectivity index (χ1v) is 7.67. The van der Waals surface area contributed by atoms with E-state index in [9.17, 15) is 4.79 Å². The average Bonchev–Trinajstić information content (AvgIpc) is 2.82. The molecule has 3 nitrogen and oxygen atoms in total. The van der Waals surface area contributed by atoms with Crippen LogP contribution in [0, 0.1) is 0 Å². The smallest absolute Gasteiger partial charge is 0.227 e. The van der Waals surface area contributed by atoms with Crippen LogP contribution < -0.4 is 10.1 Å². The molecule has 0 radical (unpaired) electrons. The third-order valence-corrected chi connectivity index (χ3v) is 4.71. The summed E-state index contributed by atoms with van der Waals surface area (Å²) >= 11 is 1.74. The van der Waals surface area contributed by atoms with Gasteiger partial charge in [0.25, 0.3) is 0 Å². The fraction of sp³-hybridized carbons (Fsp3) is 0.118. The predicted molar refractivity (Wildman–Crippen MR) is 86.0 cm³/mol. The van der Waals surface area contributed by atoms with Crippen LogP contribution in [0.5, 0.6) is 5.75 Å². The Morgan fingerprint density at radius 1 is 1.10 bits per heavy atom. The molecule has 1 N–H and O–H groups in total. The fourth-order valence-electron chi connectivity index (χ4n) is 2.56. The molecule has 0 saturated heterocycles. The summed E-state index contributed by atoms with van der Waals surface area (Å²) in [6.45, 7) is 0.417. The third-order valence-electron chi connectivity index (χ3n) is 3.56. The lowest BCUT2D eigenvalue weighted by molar-refractivity contribution is -0.116. The molecule has 4 heteroatoms. The second-order valence-corrected chi connectivity index (χ2v) is 6.06. The second-order valence-electron chi connectivity index (χ2n) is 4.98. The number of para-hydroxylation sites is 1. The van der Waals surface area contributed by atoms with Gasteiger partial charge in [0.2, 0.25) is 5.91 Å². The minimum atomic E-state index is 0.00207. The van der Waals surface area contributed by atoms with Crippen LogP contribution in [0.2, 0.25) is 0 Å². The molecule has 2 heterocycles. The summed E-state index contributed by atoms with van der Waals surface area (Å²) in [6, 6.07) is 16.4. The number of amides is 1. The molecule has 2 aromatic carbocycles. The van der Waals surface area contributed by atoms with Crippen LogP contribution in [-0.4, -0.2) is 12.5 Å². The molecular weight excluding hydrogens is 282 g/mol. The highest BCUT2D eigenvalue weighted by atomic mass is 32.1. The Bertz CT molecular complexity index is 805. The van der Waals surface area contributed by atoms with E-state index in [2.05, 4.69) is 23.5 Å². The van der Waals surface area contributed by atoms with Crippen molar-refractivity contribution in [3.05, 3.63) is 48.5 Å². The van der Waals surface area contributed by atoms with Gasteiger partial charge < -0.3 is 10.1 Å². The molecule has 3 aromatic rings. The van der Waals surface area contributed by atoms with E-state index in [0.29, 0.717) is 13.0 Å². The quantitative estimate of drug-likeness (QED) is 0.727. The van der Waals surface area contributed by atoms with E-state index in [-0.39, 0.29) is 5.91 Å². The largest absolute Gasteiger partial charge is 0.490 e. The van der Waals surface area contributed by atoms with Crippen molar-refractivity contribution in [2.24, 2.45) is 0 Å². The van der Waals surface area contributed by atoms with Crippen LogP contribution in [0.25, 0.3) is 20.5 Å². The Morgan fingerprint density at radius 2 is 2.00 bits per heavy atom. The molecule has 104 valence electrons. The van der Waals surface area contributed by atoms with Crippen LogP contribution in [0.1, 0.15) is 6.42 Å². The Morgan fingerprint density at radius 3 is 2.90 bits per heavy atom. The van der Waals surface area contributed by atoms with Crippen molar-refractivity contribution in [1.29, 1.82) is 0 Å². The number of ether oxygens (including phenoxy) is 1. The van der Waals surface area contributed by atoms with E-state index >= 15 is 0 Å². The van der Waals surface area contributed by atoms with Gasteiger partial charge in [-0.2, -0.15) is 0 Å². The van der Waals surface area contributed by atoms with Crippen molar-refractivity contribution < 1.29 is 9.53 Å². The number of nitrogens with one attached hydrogen (secondary N) is 1. The molecule has 0 aliphatic carbocycles. The van der Waals surface area contributed by atoms with E-state index in [1.807, 2.05) is 30.3 Å². The Kier molecular flexibility index (Phi) is 2.89. The monoisotopic (exact) mass is 295 g/mol. The number of benzene rings is 2. The Labute approximate surface area is 126 Å². The Hall–Kier alpha value is -2.33. The van der Waals surface area contributed by atoms with E-state index in [0.717, 1.165) is 21.9 Å². The minimum Gasteiger partial charge on any atom is -0.490 e. The molecule has 1 amide bonds. The summed E-state index contributed by atoms with van der Waals surface area (Å²) in [5.41, 5.74) is 1.79. The predicted octanol–water partition coefficient (Wildman–Crippen LogP) is 4.29. The summed E-state index contributed by atoms with van der Waals surface area (Å²) in [5.74, 6) is 0.775. The molecule has 1 aliphatic heterocycles. The average molecular weight is 295 g/mol. The maximum absolute atomic E-state index is 11.6. The summed E-state index contributed by atoms with van der Waals surface area (Å²) in [7, 11) is 0. The SMILES string of the molecule is O=C1CCOc2c(cccc2-c2cc3ccccc3s2)N1. The van der Waals surface area contributed by atoms with Crippen molar-refractivity contribution in [2.45, 2.75) is 6.42 Å². The molecule has 1 aliphatic rings. The zero-order valence-corrected chi connectivity index (χ0v) is 12.1. The first-order chi connectivity index (χ1) is 10.3. The van der Waals surface area contributed by atoms with Gasteiger partial charge in [-0.15, -0.1) is 11.3 Å². The molecule has 4 rings (SSSR count). The highest BCUT2D eigenvalue weighted by molar-refractivity contribution is 7.22. The van der Waals surface area contributed by atoms with Gasteiger partial charge in [-0.1, -0.05) is 24.3 Å². The van der Waals surface area contributed by atoms with Crippen molar-refractivity contribution in [2.75, 3.05) is 11.9 Å². The van der Waals surface area contributed by atoms with Crippen LogP contribution in [0.15, 0.2) is 48.5 Å². The van der Waals surface area contributed by atoms with Crippen LogP contribution in [0.3, 0.4) is 0 Å². The number of carbonyl (C=O) groups excluding carboxylic acids is 1. The molecule has 0 spiro atoms. The Balaban J connectivity index is 1.88. The molecule has 1 aromatic heterocycles. The highest BCUT2D eigenvalue weighted by Gasteiger charge is 2.18. The number of hydrogen-bond acceptors (Lipinski definition) is 3. The lowest BCUT2D eigenvalue weighted by Crippen LogP contribution is -2.10. The lowest BCUT2D eigenvalue weighted by Gasteiger charge is -2.11. The van der Waals surface area contributed by atoms with Crippen LogP contribution in [-0.2, 0) is 4.79 Å². The van der Waals surface area contributed by atoms with Crippen molar-refractivity contribution in [1.82, 2.24) is 0 Å². The minimum absolute atomic E-state index is 0.00207. The highest BCUT2D eigenvalue weighted by Crippen LogP contribution is 2.42. The van der Waals surface area contributed by atoms with Crippen molar-refractivity contribution in [3.8, 4) is 16.2 Å². The second kappa shape index (κ2) is 4.90. The van der Waals surface area contributed by atoms with Gasteiger partial charge in [-0.3, -0.25) is 4.79 Å². The molecule has 0 unspecified atom stereocenters. The van der Waals surface area contributed by atoms with E-state index in [4.69, 9.17) is 4.74 Å². The molecule has 0 atom stereocenters. The normalized spacial score (nSPS) is 14.2. The van der Waals surface area contributed by atoms with Gasteiger partial charge in [0, 0.05) is 15.1 Å². The fourth-order valence-corrected chi connectivity index (χ4v) is 3.64. The van der Waals surface area contributed by atoms with Crippen LogP contribution >= 0.6 is 11.3 Å². The molecule has 0 fully saturated rings. The zero-order chi connectivity index (χ0) is 14.2. The van der Waals surface area contributed by atoms with Crippen molar-refractivity contribution >= 4 is 33.0 Å². The standard InChI is InChI=1S/C17H13NO2S/c19-16-8-9-20-17-12(5-3-6-13(17)18-16)15-10-11-4-1-2-7-14(11)21-15/h1-7,10H,8-9H2,(H,18,19). The summed E-state index contributed by atoms with van der Waals surface area (Å²) in [5, 5.41) is 4.14.